The van der Waals surface area contributed by atoms with Crippen molar-refractivity contribution in [2.75, 3.05) is 19.6 Å². The SMILES string of the molecule is CCCC(=O)NCCCc1nc2ccccc2n1CC(=O)N(CCC)CCC. The molecule has 0 aliphatic rings. The molecule has 0 unspecified atom stereocenters. The van der Waals surface area contributed by atoms with E-state index in [1.807, 2.05) is 40.7 Å². The molecule has 28 heavy (non-hydrogen) atoms. The van der Waals surface area contributed by atoms with Gasteiger partial charge in [-0.1, -0.05) is 32.9 Å². The van der Waals surface area contributed by atoms with Crippen LogP contribution in [0.2, 0.25) is 0 Å². The predicted octanol–water partition coefficient (Wildman–Crippen LogP) is 3.53. The van der Waals surface area contributed by atoms with E-state index in [1.54, 1.807) is 0 Å². The van der Waals surface area contributed by atoms with Crippen molar-refractivity contribution in [1.82, 2.24) is 19.8 Å². The molecule has 0 atom stereocenters. The van der Waals surface area contributed by atoms with Gasteiger partial charge in [0.25, 0.3) is 0 Å². The van der Waals surface area contributed by atoms with Crippen LogP contribution in [0.4, 0.5) is 0 Å². The molecule has 1 heterocycles. The number of nitrogens with one attached hydrogen (secondary N) is 1. The summed E-state index contributed by atoms with van der Waals surface area (Å²) in [4.78, 5) is 31.2. The summed E-state index contributed by atoms with van der Waals surface area (Å²) in [6, 6.07) is 7.96. The Morgan fingerprint density at radius 2 is 1.79 bits per heavy atom. The minimum atomic E-state index is 0.0981. The number of hydrogen-bond acceptors (Lipinski definition) is 3. The Balaban J connectivity index is 2.11. The summed E-state index contributed by atoms with van der Waals surface area (Å²) in [5, 5.41) is 2.95. The monoisotopic (exact) mass is 386 g/mol. The molecule has 0 bridgehead atoms. The highest BCUT2D eigenvalue weighted by Gasteiger charge is 2.17. The minimum absolute atomic E-state index is 0.0981. The first kappa shape index (κ1) is 21.9. The van der Waals surface area contributed by atoms with Crippen molar-refractivity contribution >= 4 is 22.8 Å². The highest BCUT2D eigenvalue weighted by Crippen LogP contribution is 2.17. The molecule has 0 fully saturated rings. The van der Waals surface area contributed by atoms with Gasteiger partial charge in [0.1, 0.15) is 12.4 Å². The van der Waals surface area contributed by atoms with Gasteiger partial charge in [0, 0.05) is 32.5 Å². The van der Waals surface area contributed by atoms with Crippen LogP contribution in [0, 0.1) is 0 Å². The molecule has 2 amide bonds. The lowest BCUT2D eigenvalue weighted by Gasteiger charge is -2.22. The fourth-order valence-corrected chi connectivity index (χ4v) is 3.42. The maximum absolute atomic E-state index is 12.9. The number of carbonyl (C=O) groups is 2. The zero-order valence-corrected chi connectivity index (χ0v) is 17.5. The van der Waals surface area contributed by atoms with Crippen LogP contribution in [-0.4, -0.2) is 45.9 Å². The number of imidazole rings is 1. The van der Waals surface area contributed by atoms with Crippen molar-refractivity contribution in [2.45, 2.75) is 65.8 Å². The lowest BCUT2D eigenvalue weighted by Crippen LogP contribution is -2.35. The number of hydrogen-bond donors (Lipinski definition) is 1. The maximum atomic E-state index is 12.9. The number of para-hydroxylation sites is 2. The molecule has 1 aromatic carbocycles. The van der Waals surface area contributed by atoms with E-state index in [0.29, 0.717) is 19.5 Å². The number of benzene rings is 1. The van der Waals surface area contributed by atoms with Crippen LogP contribution in [0.5, 0.6) is 0 Å². The summed E-state index contributed by atoms with van der Waals surface area (Å²) in [5.74, 6) is 1.15. The molecule has 1 aromatic heterocycles. The van der Waals surface area contributed by atoms with E-state index >= 15 is 0 Å². The fraction of sp³-hybridized carbons (Fsp3) is 0.591. The number of rotatable bonds is 12. The Labute approximate surface area is 168 Å². The maximum Gasteiger partial charge on any atom is 0.242 e. The average molecular weight is 387 g/mol. The Bertz CT molecular complexity index is 763. The average Bonchev–Trinajstić information content (AvgIpc) is 3.03. The minimum Gasteiger partial charge on any atom is -0.356 e. The molecule has 2 aromatic rings. The van der Waals surface area contributed by atoms with Gasteiger partial charge in [0.05, 0.1) is 11.0 Å². The van der Waals surface area contributed by atoms with Crippen molar-refractivity contribution < 1.29 is 9.59 Å². The molecule has 2 rings (SSSR count). The second-order valence-corrected chi connectivity index (χ2v) is 7.19. The van der Waals surface area contributed by atoms with Gasteiger partial charge in [-0.05, 0) is 37.8 Å². The van der Waals surface area contributed by atoms with E-state index in [0.717, 1.165) is 62.1 Å². The Kier molecular flexibility index (Phi) is 8.98. The third-order valence-corrected chi connectivity index (χ3v) is 4.74. The van der Waals surface area contributed by atoms with Gasteiger partial charge in [-0.3, -0.25) is 9.59 Å². The Morgan fingerprint density at radius 1 is 1.07 bits per heavy atom. The number of nitrogens with zero attached hydrogens (tertiary/aromatic N) is 3. The van der Waals surface area contributed by atoms with Crippen molar-refractivity contribution in [1.29, 1.82) is 0 Å². The third kappa shape index (κ3) is 6.08. The lowest BCUT2D eigenvalue weighted by atomic mass is 10.2. The summed E-state index contributed by atoms with van der Waals surface area (Å²) in [6.45, 7) is 8.73. The van der Waals surface area contributed by atoms with Gasteiger partial charge in [-0.2, -0.15) is 0 Å². The van der Waals surface area contributed by atoms with E-state index in [4.69, 9.17) is 4.98 Å². The van der Waals surface area contributed by atoms with Gasteiger partial charge in [0.2, 0.25) is 11.8 Å². The molecule has 0 aliphatic carbocycles. The molecule has 0 spiro atoms. The normalized spacial score (nSPS) is 11.0. The second-order valence-electron chi connectivity index (χ2n) is 7.19. The Hall–Kier alpha value is -2.37. The molecule has 0 aliphatic heterocycles. The first-order chi connectivity index (χ1) is 13.6. The number of fused-ring (bicyclic) bond motifs is 1. The quantitative estimate of drug-likeness (QED) is 0.568. The number of aromatic nitrogens is 2. The van der Waals surface area contributed by atoms with Crippen LogP contribution in [0.15, 0.2) is 24.3 Å². The van der Waals surface area contributed by atoms with Gasteiger partial charge in [0.15, 0.2) is 0 Å². The summed E-state index contributed by atoms with van der Waals surface area (Å²) >= 11 is 0. The van der Waals surface area contributed by atoms with E-state index in [9.17, 15) is 9.59 Å². The zero-order chi connectivity index (χ0) is 20.4. The van der Waals surface area contributed by atoms with Gasteiger partial charge >= 0.3 is 0 Å². The highest BCUT2D eigenvalue weighted by molar-refractivity contribution is 5.81. The molecule has 6 heteroatoms. The molecule has 0 saturated carbocycles. The lowest BCUT2D eigenvalue weighted by molar-refractivity contribution is -0.132. The van der Waals surface area contributed by atoms with E-state index in [2.05, 4.69) is 19.2 Å². The molecule has 1 N–H and O–H groups in total. The predicted molar refractivity (Wildman–Crippen MR) is 113 cm³/mol. The molecule has 0 radical (unpaired) electrons. The molecular formula is C22H34N4O2. The summed E-state index contributed by atoms with van der Waals surface area (Å²) in [5.41, 5.74) is 1.91. The van der Waals surface area contributed by atoms with Crippen LogP contribution >= 0.6 is 0 Å². The summed E-state index contributed by atoms with van der Waals surface area (Å²) in [7, 11) is 0. The zero-order valence-electron chi connectivity index (χ0n) is 17.5. The van der Waals surface area contributed by atoms with Crippen LogP contribution in [0.25, 0.3) is 11.0 Å². The first-order valence-corrected chi connectivity index (χ1v) is 10.6. The highest BCUT2D eigenvalue weighted by atomic mass is 16.2. The number of aryl methyl sites for hydroxylation is 1. The van der Waals surface area contributed by atoms with Crippen LogP contribution in [0.1, 0.15) is 58.7 Å². The van der Waals surface area contributed by atoms with Crippen molar-refractivity contribution in [3.05, 3.63) is 30.1 Å². The smallest absolute Gasteiger partial charge is 0.242 e. The topological polar surface area (TPSA) is 67.2 Å². The standard InChI is InChI=1S/C22H34N4O2/c1-4-10-21(27)23-14-9-13-20-24-18-11-7-8-12-19(18)26(20)17-22(28)25(15-5-2)16-6-3/h7-8,11-12H,4-6,9-10,13-17H2,1-3H3,(H,23,27). The van der Waals surface area contributed by atoms with E-state index < -0.39 is 0 Å². The number of carbonyl (C=O) groups excluding carboxylic acids is 2. The van der Waals surface area contributed by atoms with E-state index in [1.165, 1.54) is 0 Å². The van der Waals surface area contributed by atoms with Gasteiger partial charge in [-0.25, -0.2) is 4.98 Å². The van der Waals surface area contributed by atoms with Crippen molar-refractivity contribution in [3.63, 3.8) is 0 Å². The molecule has 154 valence electrons. The second kappa shape index (κ2) is 11.5. The molecular weight excluding hydrogens is 352 g/mol. The largest absolute Gasteiger partial charge is 0.356 e. The first-order valence-electron chi connectivity index (χ1n) is 10.6. The third-order valence-electron chi connectivity index (χ3n) is 4.74. The van der Waals surface area contributed by atoms with Gasteiger partial charge < -0.3 is 14.8 Å². The number of amides is 2. The van der Waals surface area contributed by atoms with Crippen LogP contribution in [-0.2, 0) is 22.6 Å². The fourth-order valence-electron chi connectivity index (χ4n) is 3.42. The van der Waals surface area contributed by atoms with Crippen molar-refractivity contribution in [2.24, 2.45) is 0 Å². The van der Waals surface area contributed by atoms with E-state index in [-0.39, 0.29) is 11.8 Å². The van der Waals surface area contributed by atoms with Crippen LogP contribution in [0.3, 0.4) is 0 Å². The van der Waals surface area contributed by atoms with Crippen LogP contribution < -0.4 is 5.32 Å². The van der Waals surface area contributed by atoms with Crippen molar-refractivity contribution in [3.8, 4) is 0 Å². The molecule has 0 saturated heterocycles. The summed E-state index contributed by atoms with van der Waals surface area (Å²) < 4.78 is 2.05. The van der Waals surface area contributed by atoms with Gasteiger partial charge in [-0.15, -0.1) is 0 Å². The Morgan fingerprint density at radius 3 is 2.46 bits per heavy atom. The molecule has 6 nitrogen and oxygen atoms in total. The summed E-state index contributed by atoms with van der Waals surface area (Å²) in [6.07, 6.45) is 4.88.